The highest BCUT2D eigenvalue weighted by atomic mass is 19.3. The molecule has 0 bridgehead atoms. The van der Waals surface area contributed by atoms with Gasteiger partial charge in [-0.1, -0.05) is 18.7 Å². The smallest absolute Gasteiger partial charge is 0.419 e. The number of rotatable bonds is 6. The SMILES string of the molecule is C=CC(F)(F)Oc1cc(C#N)cc(C2=CC=C(C3CC3)c3c(ncnc3N3CCN(C(=O)OC(C)(C)C)C[C@@H]3C)C2)c1. The Balaban J connectivity index is 1.47. The fraction of sp³-hybridized carbons (Fsp3) is 0.438. The van der Waals surface area contributed by atoms with Gasteiger partial charge >= 0.3 is 12.2 Å². The van der Waals surface area contributed by atoms with Gasteiger partial charge in [0.2, 0.25) is 0 Å². The van der Waals surface area contributed by atoms with Crippen molar-refractivity contribution in [3.63, 3.8) is 0 Å². The van der Waals surface area contributed by atoms with Gasteiger partial charge in [0, 0.05) is 43.7 Å². The molecule has 0 N–H and O–H groups in total. The second-order valence-corrected chi connectivity index (χ2v) is 12.0. The Kier molecular flexibility index (Phi) is 7.80. The summed E-state index contributed by atoms with van der Waals surface area (Å²) in [6.07, 6.45) is 4.67. The minimum Gasteiger partial charge on any atom is -0.444 e. The molecule has 1 saturated heterocycles. The molecule has 1 aromatic carbocycles. The van der Waals surface area contributed by atoms with E-state index in [1.165, 1.54) is 12.1 Å². The third-order valence-corrected chi connectivity index (χ3v) is 7.48. The van der Waals surface area contributed by atoms with Crippen LogP contribution in [0.5, 0.6) is 5.75 Å². The van der Waals surface area contributed by atoms with E-state index in [0.29, 0.717) is 43.6 Å². The van der Waals surface area contributed by atoms with E-state index in [1.54, 1.807) is 17.3 Å². The molecule has 0 radical (unpaired) electrons. The van der Waals surface area contributed by atoms with Gasteiger partial charge in [-0.3, -0.25) is 0 Å². The molecule has 1 saturated carbocycles. The Labute approximate surface area is 245 Å². The molecule has 2 aliphatic carbocycles. The van der Waals surface area contributed by atoms with Crippen molar-refractivity contribution in [1.29, 1.82) is 5.26 Å². The van der Waals surface area contributed by atoms with Crippen molar-refractivity contribution in [1.82, 2.24) is 14.9 Å². The third kappa shape index (κ3) is 6.46. The Morgan fingerprint density at radius 1 is 1.17 bits per heavy atom. The summed E-state index contributed by atoms with van der Waals surface area (Å²) in [5, 5.41) is 9.59. The molecule has 0 spiro atoms. The molecule has 2 fully saturated rings. The first-order chi connectivity index (χ1) is 19.9. The summed E-state index contributed by atoms with van der Waals surface area (Å²) >= 11 is 0. The van der Waals surface area contributed by atoms with Gasteiger partial charge in [-0.25, -0.2) is 14.8 Å². The van der Waals surface area contributed by atoms with Crippen LogP contribution < -0.4 is 9.64 Å². The zero-order chi connectivity index (χ0) is 30.2. The molecule has 1 aromatic heterocycles. The van der Waals surface area contributed by atoms with Crippen LogP contribution in [0.2, 0.25) is 0 Å². The molecular weight excluding hydrogens is 540 g/mol. The summed E-state index contributed by atoms with van der Waals surface area (Å²) in [6, 6.07) is 6.50. The van der Waals surface area contributed by atoms with Crippen molar-refractivity contribution in [2.45, 2.75) is 64.7 Å². The van der Waals surface area contributed by atoms with Gasteiger partial charge in [-0.05, 0) is 81.4 Å². The van der Waals surface area contributed by atoms with Crippen molar-refractivity contribution in [2.24, 2.45) is 5.92 Å². The van der Waals surface area contributed by atoms with Gasteiger partial charge in [0.25, 0.3) is 0 Å². The first-order valence-electron chi connectivity index (χ1n) is 14.1. The number of allylic oxidation sites excluding steroid dienone is 4. The maximum absolute atomic E-state index is 14.0. The minimum atomic E-state index is -3.57. The summed E-state index contributed by atoms with van der Waals surface area (Å²) in [6.45, 7) is 12.4. The molecule has 1 atom stereocenters. The number of halogens is 2. The lowest BCUT2D eigenvalue weighted by Gasteiger charge is -2.41. The number of nitrogens with zero attached hydrogens (tertiary/aromatic N) is 5. The summed E-state index contributed by atoms with van der Waals surface area (Å²) < 4.78 is 38.3. The van der Waals surface area contributed by atoms with Gasteiger partial charge in [-0.2, -0.15) is 14.0 Å². The van der Waals surface area contributed by atoms with Crippen molar-refractivity contribution in [3.05, 3.63) is 71.7 Å². The van der Waals surface area contributed by atoms with E-state index >= 15 is 0 Å². The van der Waals surface area contributed by atoms with E-state index in [-0.39, 0.29) is 23.4 Å². The van der Waals surface area contributed by atoms with Gasteiger partial charge in [0.05, 0.1) is 17.3 Å². The highest BCUT2D eigenvalue weighted by Crippen LogP contribution is 2.47. The lowest BCUT2D eigenvalue weighted by Crippen LogP contribution is -2.55. The molecule has 2 heterocycles. The minimum absolute atomic E-state index is 0.0139. The van der Waals surface area contributed by atoms with Crippen LogP contribution in [0.3, 0.4) is 0 Å². The number of nitriles is 1. The van der Waals surface area contributed by atoms with Crippen LogP contribution in [0.4, 0.5) is 19.4 Å². The summed E-state index contributed by atoms with van der Waals surface area (Å²) in [4.78, 5) is 26.1. The van der Waals surface area contributed by atoms with Crippen LogP contribution in [0, 0.1) is 17.2 Å². The van der Waals surface area contributed by atoms with Crippen molar-refractivity contribution in [3.8, 4) is 11.8 Å². The number of benzene rings is 1. The van der Waals surface area contributed by atoms with E-state index in [2.05, 4.69) is 29.5 Å². The number of carbonyl (C=O) groups excluding carboxylic acids is 1. The van der Waals surface area contributed by atoms with Crippen LogP contribution >= 0.6 is 0 Å². The summed E-state index contributed by atoms with van der Waals surface area (Å²) in [5.41, 5.74) is 4.01. The van der Waals surface area contributed by atoms with Crippen molar-refractivity contribution in [2.75, 3.05) is 24.5 Å². The van der Waals surface area contributed by atoms with Gasteiger partial charge in [0.15, 0.2) is 0 Å². The maximum Gasteiger partial charge on any atom is 0.419 e. The van der Waals surface area contributed by atoms with E-state index in [4.69, 9.17) is 14.5 Å². The van der Waals surface area contributed by atoms with E-state index in [0.717, 1.165) is 41.1 Å². The molecule has 2 aromatic rings. The first kappa shape index (κ1) is 29.2. The fourth-order valence-electron chi connectivity index (χ4n) is 5.38. The number of hydrogen-bond donors (Lipinski definition) is 0. The van der Waals surface area contributed by atoms with Crippen LogP contribution in [0.25, 0.3) is 11.1 Å². The average Bonchev–Trinajstić information content (AvgIpc) is 3.78. The lowest BCUT2D eigenvalue weighted by molar-refractivity contribution is -0.131. The molecular formula is C32H35F2N5O3. The third-order valence-electron chi connectivity index (χ3n) is 7.48. The quantitative estimate of drug-likeness (QED) is 0.369. The number of amides is 1. The van der Waals surface area contributed by atoms with E-state index in [1.807, 2.05) is 32.9 Å². The van der Waals surface area contributed by atoms with Gasteiger partial charge < -0.3 is 19.3 Å². The number of fused-ring (bicyclic) bond motifs is 1. The molecule has 5 rings (SSSR count). The Morgan fingerprint density at radius 3 is 2.57 bits per heavy atom. The average molecular weight is 576 g/mol. The predicted molar refractivity (Wildman–Crippen MR) is 156 cm³/mol. The lowest BCUT2D eigenvalue weighted by atomic mass is 9.96. The van der Waals surface area contributed by atoms with Crippen LogP contribution in [-0.2, 0) is 11.2 Å². The van der Waals surface area contributed by atoms with Crippen LogP contribution in [0.15, 0.2) is 49.3 Å². The van der Waals surface area contributed by atoms with Gasteiger partial charge in [-0.15, -0.1) is 0 Å². The highest BCUT2D eigenvalue weighted by molar-refractivity contribution is 5.85. The van der Waals surface area contributed by atoms with Crippen molar-refractivity contribution >= 4 is 23.1 Å². The molecule has 0 unspecified atom stereocenters. The first-order valence-corrected chi connectivity index (χ1v) is 14.1. The topological polar surface area (TPSA) is 91.6 Å². The highest BCUT2D eigenvalue weighted by Gasteiger charge is 2.36. The van der Waals surface area contributed by atoms with Crippen LogP contribution in [0.1, 0.15) is 62.9 Å². The second kappa shape index (κ2) is 11.2. The maximum atomic E-state index is 14.0. The summed E-state index contributed by atoms with van der Waals surface area (Å²) in [7, 11) is 0. The number of ether oxygens (including phenoxy) is 2. The molecule has 3 aliphatic rings. The number of carbonyl (C=O) groups is 1. The van der Waals surface area contributed by atoms with Gasteiger partial charge in [0.1, 0.15) is 23.5 Å². The number of alkyl halides is 2. The largest absolute Gasteiger partial charge is 0.444 e. The zero-order valence-corrected chi connectivity index (χ0v) is 24.4. The number of hydrogen-bond acceptors (Lipinski definition) is 7. The molecule has 10 heteroatoms. The predicted octanol–water partition coefficient (Wildman–Crippen LogP) is 6.38. The number of piperazine rings is 1. The second-order valence-electron chi connectivity index (χ2n) is 12.0. The molecule has 220 valence electrons. The molecule has 1 amide bonds. The van der Waals surface area contributed by atoms with E-state index < -0.39 is 11.7 Å². The normalized spacial score (nSPS) is 19.1. The Bertz CT molecular complexity index is 1500. The molecule has 42 heavy (non-hydrogen) atoms. The Hall–Kier alpha value is -4.26. The summed E-state index contributed by atoms with van der Waals surface area (Å²) in [5.74, 6) is 1.08. The molecule has 8 nitrogen and oxygen atoms in total. The fourth-order valence-corrected chi connectivity index (χ4v) is 5.38. The van der Waals surface area contributed by atoms with E-state index in [9.17, 15) is 18.8 Å². The van der Waals surface area contributed by atoms with Crippen LogP contribution in [-0.4, -0.2) is 58.3 Å². The monoisotopic (exact) mass is 575 g/mol. The number of aromatic nitrogens is 2. The Morgan fingerprint density at radius 2 is 1.93 bits per heavy atom. The standard InChI is InChI=1S/C32H35F2N5O3/c1-6-32(33,34)41-25-14-21(17-35)13-24(15-25)23-9-10-26(22-7-8-22)28-27(16-23)36-19-37-29(28)39-12-11-38(18-20(39)2)30(40)42-31(3,4)5/h6,9-10,13-15,19-20,22H,1,7-8,11-12,16,18H2,2-5H3/t20-/m0/s1. The molecule has 1 aliphatic heterocycles. The zero-order valence-electron chi connectivity index (χ0n) is 24.4. The number of anilines is 1. The van der Waals surface area contributed by atoms with Crippen molar-refractivity contribution < 1.29 is 23.0 Å².